The zero-order valence-corrected chi connectivity index (χ0v) is 12.2. The molecular weight excluding hydrogens is 228 g/mol. The molecule has 4 nitrogen and oxygen atoms in total. The summed E-state index contributed by atoms with van der Waals surface area (Å²) in [6.07, 6.45) is 4.62. The maximum Gasteiger partial charge on any atom is 0.317 e. The summed E-state index contributed by atoms with van der Waals surface area (Å²) in [7, 11) is 0. The molecule has 2 amide bonds. The van der Waals surface area contributed by atoms with Gasteiger partial charge in [0.15, 0.2) is 0 Å². The maximum atomic E-state index is 12.1. The van der Waals surface area contributed by atoms with Gasteiger partial charge in [0.1, 0.15) is 0 Å². The number of urea groups is 1. The molecule has 0 aliphatic heterocycles. The van der Waals surface area contributed by atoms with E-state index in [9.17, 15) is 9.90 Å². The maximum absolute atomic E-state index is 12.1. The van der Waals surface area contributed by atoms with Crippen molar-refractivity contribution < 1.29 is 9.90 Å². The van der Waals surface area contributed by atoms with Gasteiger partial charge in [0.25, 0.3) is 0 Å². The highest BCUT2D eigenvalue weighted by Gasteiger charge is 2.25. The SMILES string of the molecule is CCN(CC(C)(C)O)C(=O)NC1CCCC(C)C1. The number of carbonyl (C=O) groups is 1. The standard InChI is InChI=1S/C14H28N2O2/c1-5-16(10-14(3,4)18)13(17)15-12-8-6-7-11(2)9-12/h11-12,18H,5-10H2,1-4H3,(H,15,17). The minimum Gasteiger partial charge on any atom is -0.389 e. The molecule has 0 bridgehead atoms. The highest BCUT2D eigenvalue weighted by atomic mass is 16.3. The van der Waals surface area contributed by atoms with Crippen molar-refractivity contribution in [1.82, 2.24) is 10.2 Å². The van der Waals surface area contributed by atoms with Crippen LogP contribution in [0.4, 0.5) is 4.79 Å². The van der Waals surface area contributed by atoms with Crippen molar-refractivity contribution in [1.29, 1.82) is 0 Å². The van der Waals surface area contributed by atoms with Crippen LogP contribution in [0, 0.1) is 5.92 Å². The van der Waals surface area contributed by atoms with Crippen LogP contribution >= 0.6 is 0 Å². The molecule has 106 valence electrons. The van der Waals surface area contributed by atoms with Gasteiger partial charge < -0.3 is 15.3 Å². The number of nitrogens with one attached hydrogen (secondary N) is 1. The largest absolute Gasteiger partial charge is 0.389 e. The molecular formula is C14H28N2O2. The number of amides is 2. The van der Waals surface area contributed by atoms with E-state index >= 15 is 0 Å². The van der Waals surface area contributed by atoms with Crippen LogP contribution < -0.4 is 5.32 Å². The van der Waals surface area contributed by atoms with Crippen molar-refractivity contribution in [3.8, 4) is 0 Å². The highest BCUT2D eigenvalue weighted by Crippen LogP contribution is 2.23. The second-order valence-corrected chi connectivity index (χ2v) is 6.24. The van der Waals surface area contributed by atoms with E-state index in [0.29, 0.717) is 25.0 Å². The van der Waals surface area contributed by atoms with Crippen molar-refractivity contribution in [3.63, 3.8) is 0 Å². The van der Waals surface area contributed by atoms with Gasteiger partial charge in [-0.3, -0.25) is 0 Å². The molecule has 0 aromatic carbocycles. The normalized spacial score (nSPS) is 24.7. The van der Waals surface area contributed by atoms with Gasteiger partial charge in [0.2, 0.25) is 0 Å². The molecule has 0 saturated heterocycles. The molecule has 0 spiro atoms. The lowest BCUT2D eigenvalue weighted by atomic mass is 9.87. The summed E-state index contributed by atoms with van der Waals surface area (Å²) in [5, 5.41) is 12.9. The third kappa shape index (κ3) is 5.25. The molecule has 0 aromatic rings. The number of carbonyl (C=O) groups excluding carboxylic acids is 1. The van der Waals surface area contributed by atoms with Crippen molar-refractivity contribution in [2.24, 2.45) is 5.92 Å². The lowest BCUT2D eigenvalue weighted by Gasteiger charge is -2.32. The molecule has 1 rings (SSSR count). The predicted molar refractivity (Wildman–Crippen MR) is 73.5 cm³/mol. The number of rotatable bonds is 4. The van der Waals surface area contributed by atoms with Crippen LogP contribution in [0.15, 0.2) is 0 Å². The second kappa shape index (κ2) is 6.41. The summed E-state index contributed by atoms with van der Waals surface area (Å²) in [4.78, 5) is 13.8. The summed E-state index contributed by atoms with van der Waals surface area (Å²) in [6, 6.07) is 0.260. The van der Waals surface area contributed by atoms with Crippen molar-refractivity contribution in [3.05, 3.63) is 0 Å². The molecule has 1 saturated carbocycles. The Bertz CT molecular complexity index is 273. The van der Waals surface area contributed by atoms with Crippen LogP contribution in [0.3, 0.4) is 0 Å². The van der Waals surface area contributed by atoms with Crippen molar-refractivity contribution in [2.75, 3.05) is 13.1 Å². The van der Waals surface area contributed by atoms with Crippen LogP contribution in [-0.2, 0) is 0 Å². The summed E-state index contributed by atoms with van der Waals surface area (Å²) >= 11 is 0. The van der Waals surface area contributed by atoms with E-state index < -0.39 is 5.60 Å². The number of nitrogens with zero attached hydrogens (tertiary/aromatic N) is 1. The molecule has 1 aliphatic rings. The van der Waals surface area contributed by atoms with E-state index in [0.717, 1.165) is 12.8 Å². The monoisotopic (exact) mass is 256 g/mol. The van der Waals surface area contributed by atoms with Crippen LogP contribution in [0.25, 0.3) is 0 Å². The minimum atomic E-state index is -0.840. The van der Waals surface area contributed by atoms with Crippen LogP contribution in [0.1, 0.15) is 53.4 Å². The summed E-state index contributed by atoms with van der Waals surface area (Å²) in [5.74, 6) is 0.702. The number of aliphatic hydroxyl groups is 1. The Morgan fingerprint density at radius 2 is 2.11 bits per heavy atom. The number of likely N-dealkylation sites (N-methyl/N-ethyl adjacent to an activating group) is 1. The van der Waals surface area contributed by atoms with Gasteiger partial charge in [0.05, 0.1) is 12.1 Å². The first-order valence-electron chi connectivity index (χ1n) is 7.09. The number of hydrogen-bond donors (Lipinski definition) is 2. The first-order chi connectivity index (χ1) is 8.31. The van der Waals surface area contributed by atoms with Crippen molar-refractivity contribution in [2.45, 2.75) is 65.0 Å². The Balaban J connectivity index is 2.46. The smallest absolute Gasteiger partial charge is 0.317 e. The van der Waals surface area contributed by atoms with Gasteiger partial charge in [-0.2, -0.15) is 0 Å². The van der Waals surface area contributed by atoms with E-state index in [4.69, 9.17) is 0 Å². The molecule has 0 radical (unpaired) electrons. The molecule has 0 aromatic heterocycles. The molecule has 2 N–H and O–H groups in total. The fraction of sp³-hybridized carbons (Fsp3) is 0.929. The predicted octanol–water partition coefficient (Wildman–Crippen LogP) is 2.37. The average molecular weight is 256 g/mol. The summed E-state index contributed by atoms with van der Waals surface area (Å²) < 4.78 is 0. The number of hydrogen-bond acceptors (Lipinski definition) is 2. The van der Waals surface area contributed by atoms with E-state index in [-0.39, 0.29) is 6.03 Å². The van der Waals surface area contributed by atoms with Gasteiger partial charge in [-0.05, 0) is 39.5 Å². The van der Waals surface area contributed by atoms with Crippen LogP contribution in [-0.4, -0.2) is 40.8 Å². The van der Waals surface area contributed by atoms with Gasteiger partial charge in [-0.1, -0.05) is 19.8 Å². The highest BCUT2D eigenvalue weighted by molar-refractivity contribution is 5.74. The molecule has 2 unspecified atom stereocenters. The van der Waals surface area contributed by atoms with Crippen LogP contribution in [0.5, 0.6) is 0 Å². The fourth-order valence-corrected chi connectivity index (χ4v) is 2.63. The fourth-order valence-electron chi connectivity index (χ4n) is 2.63. The summed E-state index contributed by atoms with van der Waals surface area (Å²) in [6.45, 7) is 8.63. The third-order valence-electron chi connectivity index (χ3n) is 3.51. The second-order valence-electron chi connectivity index (χ2n) is 6.24. The van der Waals surface area contributed by atoms with Crippen molar-refractivity contribution >= 4 is 6.03 Å². The van der Waals surface area contributed by atoms with Crippen LogP contribution in [0.2, 0.25) is 0 Å². The lowest BCUT2D eigenvalue weighted by Crippen LogP contribution is -2.50. The third-order valence-corrected chi connectivity index (χ3v) is 3.51. The zero-order valence-electron chi connectivity index (χ0n) is 12.2. The van der Waals surface area contributed by atoms with E-state index in [2.05, 4.69) is 12.2 Å². The molecule has 1 fully saturated rings. The Morgan fingerprint density at radius 1 is 1.44 bits per heavy atom. The Kier molecular flexibility index (Phi) is 5.45. The topological polar surface area (TPSA) is 52.6 Å². The Morgan fingerprint density at radius 3 is 2.61 bits per heavy atom. The molecule has 1 aliphatic carbocycles. The van der Waals surface area contributed by atoms with Gasteiger partial charge in [0, 0.05) is 12.6 Å². The quantitative estimate of drug-likeness (QED) is 0.811. The minimum absolute atomic E-state index is 0.0428. The summed E-state index contributed by atoms with van der Waals surface area (Å²) in [5.41, 5.74) is -0.840. The van der Waals surface area contributed by atoms with E-state index in [1.165, 1.54) is 12.8 Å². The zero-order chi connectivity index (χ0) is 13.8. The molecule has 4 heteroatoms. The van der Waals surface area contributed by atoms with Gasteiger partial charge in [-0.15, -0.1) is 0 Å². The molecule has 18 heavy (non-hydrogen) atoms. The molecule has 2 atom stereocenters. The lowest BCUT2D eigenvalue weighted by molar-refractivity contribution is 0.0472. The Labute approximate surface area is 111 Å². The van der Waals surface area contributed by atoms with E-state index in [1.54, 1.807) is 18.7 Å². The molecule has 0 heterocycles. The van der Waals surface area contributed by atoms with Gasteiger partial charge in [-0.25, -0.2) is 4.79 Å². The first-order valence-corrected chi connectivity index (χ1v) is 7.09. The van der Waals surface area contributed by atoms with Gasteiger partial charge >= 0.3 is 6.03 Å². The average Bonchev–Trinajstić information content (AvgIpc) is 2.24. The Hall–Kier alpha value is -0.770. The first kappa shape index (κ1) is 15.3. The van der Waals surface area contributed by atoms with E-state index in [1.807, 2.05) is 6.92 Å².